The van der Waals surface area contributed by atoms with Crippen molar-refractivity contribution < 1.29 is 24.0 Å². The summed E-state index contributed by atoms with van der Waals surface area (Å²) < 4.78 is 11.1. The second kappa shape index (κ2) is 8.21. The number of nitrogens with zero attached hydrogens (tertiary/aromatic N) is 4. The van der Waals surface area contributed by atoms with Gasteiger partial charge in [-0.05, 0) is 19.1 Å². The SMILES string of the molecule is CCOC(=O)c1cnn(-c2ccccc2)c1NC(=O)c1[nH]nc(OC)c1[N+](=O)[O-]. The van der Waals surface area contributed by atoms with Crippen LogP contribution >= 0.6 is 0 Å². The number of amides is 1. The molecule has 12 nitrogen and oxygen atoms in total. The van der Waals surface area contributed by atoms with Crippen LogP contribution in [0.5, 0.6) is 5.88 Å². The Morgan fingerprint density at radius 1 is 1.31 bits per heavy atom. The van der Waals surface area contributed by atoms with Crippen LogP contribution in [0.25, 0.3) is 5.69 Å². The third-order valence-electron chi connectivity index (χ3n) is 3.81. The normalized spacial score (nSPS) is 10.4. The number of rotatable bonds is 7. The average molecular weight is 400 g/mol. The summed E-state index contributed by atoms with van der Waals surface area (Å²) in [6.07, 6.45) is 1.24. The predicted octanol–water partition coefficient (Wildman–Crippen LogP) is 1.94. The molecule has 0 aliphatic carbocycles. The largest absolute Gasteiger partial charge is 0.475 e. The zero-order valence-corrected chi connectivity index (χ0v) is 15.4. The van der Waals surface area contributed by atoms with Gasteiger partial charge in [0.1, 0.15) is 5.56 Å². The van der Waals surface area contributed by atoms with E-state index in [9.17, 15) is 19.7 Å². The first-order chi connectivity index (χ1) is 14.0. The molecule has 1 aromatic carbocycles. The average Bonchev–Trinajstić information content (AvgIpc) is 3.33. The summed E-state index contributed by atoms with van der Waals surface area (Å²) in [7, 11) is 1.19. The molecule has 1 amide bonds. The van der Waals surface area contributed by atoms with Crippen LogP contribution in [-0.4, -0.2) is 50.5 Å². The predicted molar refractivity (Wildman–Crippen MR) is 99.3 cm³/mol. The Morgan fingerprint density at radius 2 is 2.03 bits per heavy atom. The maximum atomic E-state index is 12.7. The molecule has 0 aliphatic rings. The van der Waals surface area contributed by atoms with E-state index >= 15 is 0 Å². The molecule has 0 bridgehead atoms. The number of carbonyl (C=O) groups is 2. The van der Waals surface area contributed by atoms with E-state index in [1.807, 2.05) is 0 Å². The molecule has 2 heterocycles. The summed E-state index contributed by atoms with van der Waals surface area (Å²) in [4.78, 5) is 35.5. The molecule has 3 aromatic rings. The highest BCUT2D eigenvalue weighted by Gasteiger charge is 2.32. The van der Waals surface area contributed by atoms with Crippen molar-refractivity contribution in [1.82, 2.24) is 20.0 Å². The Morgan fingerprint density at radius 3 is 2.66 bits per heavy atom. The standard InChI is InChI=1S/C17H16N6O6/c1-3-29-17(25)11-9-18-22(10-7-5-4-6-8-10)14(11)19-15(24)12-13(23(26)27)16(28-2)21-20-12/h4-9H,3H2,1-2H3,(H,19,24)(H,20,21). The fourth-order valence-electron chi connectivity index (χ4n) is 2.55. The highest BCUT2D eigenvalue weighted by molar-refractivity contribution is 6.08. The third kappa shape index (κ3) is 3.76. The third-order valence-corrected chi connectivity index (χ3v) is 3.81. The van der Waals surface area contributed by atoms with Crippen molar-refractivity contribution in [3.63, 3.8) is 0 Å². The van der Waals surface area contributed by atoms with Crippen LogP contribution in [0, 0.1) is 10.1 Å². The number of carbonyl (C=O) groups excluding carboxylic acids is 2. The molecule has 0 unspecified atom stereocenters. The molecule has 0 fully saturated rings. The second-order valence-corrected chi connectivity index (χ2v) is 5.54. The summed E-state index contributed by atoms with van der Waals surface area (Å²) >= 11 is 0. The maximum Gasteiger partial charge on any atom is 0.362 e. The van der Waals surface area contributed by atoms with E-state index in [2.05, 4.69) is 20.6 Å². The molecule has 0 aliphatic heterocycles. The molecule has 0 saturated carbocycles. The molecule has 3 rings (SSSR count). The second-order valence-electron chi connectivity index (χ2n) is 5.54. The summed E-state index contributed by atoms with van der Waals surface area (Å²) in [5.74, 6) is -1.97. The number of nitrogens with one attached hydrogen (secondary N) is 2. The number of para-hydroxylation sites is 1. The van der Waals surface area contributed by atoms with Gasteiger partial charge in [-0.1, -0.05) is 18.2 Å². The maximum absolute atomic E-state index is 12.7. The Bertz CT molecular complexity index is 1060. The number of anilines is 1. The van der Waals surface area contributed by atoms with Gasteiger partial charge in [0.2, 0.25) is 5.69 Å². The van der Waals surface area contributed by atoms with Crippen molar-refractivity contribution in [2.24, 2.45) is 0 Å². The van der Waals surface area contributed by atoms with E-state index in [1.54, 1.807) is 37.3 Å². The lowest BCUT2D eigenvalue weighted by Gasteiger charge is -2.10. The van der Waals surface area contributed by atoms with Crippen LogP contribution in [0.3, 0.4) is 0 Å². The lowest BCUT2D eigenvalue weighted by atomic mass is 10.2. The highest BCUT2D eigenvalue weighted by Crippen LogP contribution is 2.29. The fraction of sp³-hybridized carbons (Fsp3) is 0.176. The molecule has 0 saturated heterocycles. The van der Waals surface area contributed by atoms with Crippen molar-refractivity contribution in [3.8, 4) is 11.6 Å². The molecule has 0 spiro atoms. The molecular weight excluding hydrogens is 384 g/mol. The highest BCUT2D eigenvalue weighted by atomic mass is 16.6. The Kier molecular flexibility index (Phi) is 5.53. The molecular formula is C17H16N6O6. The van der Waals surface area contributed by atoms with Gasteiger partial charge in [-0.25, -0.2) is 9.48 Å². The first kappa shape index (κ1) is 19.5. The summed E-state index contributed by atoms with van der Waals surface area (Å²) in [6.45, 7) is 1.75. The topological polar surface area (TPSA) is 154 Å². The van der Waals surface area contributed by atoms with E-state index < -0.39 is 28.2 Å². The van der Waals surface area contributed by atoms with E-state index in [-0.39, 0.29) is 23.9 Å². The quantitative estimate of drug-likeness (QED) is 0.346. The summed E-state index contributed by atoms with van der Waals surface area (Å²) in [6, 6.07) is 8.70. The zero-order valence-electron chi connectivity index (χ0n) is 15.4. The number of hydrogen-bond acceptors (Lipinski definition) is 8. The minimum absolute atomic E-state index is 0.0116. The lowest BCUT2D eigenvalue weighted by molar-refractivity contribution is -0.386. The van der Waals surface area contributed by atoms with Gasteiger partial charge >= 0.3 is 17.5 Å². The molecule has 2 N–H and O–H groups in total. The summed E-state index contributed by atoms with van der Waals surface area (Å²) in [5, 5.41) is 23.8. The molecule has 0 radical (unpaired) electrons. The van der Waals surface area contributed by atoms with Gasteiger partial charge in [-0.3, -0.25) is 20.0 Å². The zero-order chi connectivity index (χ0) is 21.0. The number of H-pyrrole nitrogens is 1. The Balaban J connectivity index is 2.05. The van der Waals surface area contributed by atoms with E-state index in [1.165, 1.54) is 18.0 Å². The summed E-state index contributed by atoms with van der Waals surface area (Å²) in [5.41, 5.74) is -0.538. The Hall–Kier alpha value is -4.22. The number of benzene rings is 1. The number of aromatic amines is 1. The van der Waals surface area contributed by atoms with Crippen LogP contribution in [0.15, 0.2) is 36.5 Å². The van der Waals surface area contributed by atoms with Crippen LogP contribution in [-0.2, 0) is 4.74 Å². The van der Waals surface area contributed by atoms with E-state index in [4.69, 9.17) is 9.47 Å². The smallest absolute Gasteiger partial charge is 0.362 e. The minimum atomic E-state index is -0.907. The molecule has 2 aromatic heterocycles. The van der Waals surface area contributed by atoms with Gasteiger partial charge in [0.25, 0.3) is 5.91 Å². The fourth-order valence-corrected chi connectivity index (χ4v) is 2.55. The Labute approximate surface area is 163 Å². The molecule has 0 atom stereocenters. The van der Waals surface area contributed by atoms with Crippen molar-refractivity contribution in [2.45, 2.75) is 6.92 Å². The van der Waals surface area contributed by atoms with E-state index in [0.717, 1.165) is 0 Å². The molecule has 29 heavy (non-hydrogen) atoms. The van der Waals surface area contributed by atoms with Crippen LogP contribution in [0.2, 0.25) is 0 Å². The van der Waals surface area contributed by atoms with Gasteiger partial charge in [-0.2, -0.15) is 5.10 Å². The van der Waals surface area contributed by atoms with Crippen molar-refractivity contribution in [1.29, 1.82) is 0 Å². The number of nitro groups is 1. The number of methoxy groups -OCH3 is 1. The van der Waals surface area contributed by atoms with Crippen LogP contribution in [0.4, 0.5) is 11.5 Å². The number of ether oxygens (including phenoxy) is 2. The van der Waals surface area contributed by atoms with Gasteiger partial charge < -0.3 is 14.8 Å². The number of hydrogen-bond donors (Lipinski definition) is 2. The van der Waals surface area contributed by atoms with Crippen molar-refractivity contribution in [3.05, 3.63) is 57.9 Å². The lowest BCUT2D eigenvalue weighted by Crippen LogP contribution is -2.19. The van der Waals surface area contributed by atoms with E-state index in [0.29, 0.717) is 5.69 Å². The monoisotopic (exact) mass is 400 g/mol. The van der Waals surface area contributed by atoms with Gasteiger partial charge in [-0.15, -0.1) is 5.10 Å². The number of aromatic nitrogens is 4. The minimum Gasteiger partial charge on any atom is -0.475 e. The van der Waals surface area contributed by atoms with Crippen LogP contribution < -0.4 is 10.1 Å². The van der Waals surface area contributed by atoms with Crippen molar-refractivity contribution in [2.75, 3.05) is 19.0 Å². The first-order valence-corrected chi connectivity index (χ1v) is 8.36. The van der Waals surface area contributed by atoms with Gasteiger partial charge in [0.05, 0.1) is 30.5 Å². The number of esters is 1. The van der Waals surface area contributed by atoms with Gasteiger partial charge in [0, 0.05) is 0 Å². The van der Waals surface area contributed by atoms with Gasteiger partial charge in [0.15, 0.2) is 5.82 Å². The first-order valence-electron chi connectivity index (χ1n) is 8.36. The van der Waals surface area contributed by atoms with Crippen LogP contribution in [0.1, 0.15) is 27.8 Å². The molecule has 150 valence electrons. The molecule has 12 heteroatoms. The van der Waals surface area contributed by atoms with Crippen molar-refractivity contribution >= 4 is 23.4 Å².